The minimum atomic E-state index is -3.57. The van der Waals surface area contributed by atoms with E-state index in [0.29, 0.717) is 18.7 Å². The van der Waals surface area contributed by atoms with E-state index in [4.69, 9.17) is 0 Å². The maximum atomic E-state index is 12.7. The number of nitro groups is 1. The fourth-order valence-corrected chi connectivity index (χ4v) is 4.71. The van der Waals surface area contributed by atoms with Crippen molar-refractivity contribution in [2.75, 3.05) is 32.7 Å². The Labute approximate surface area is 187 Å². The first-order chi connectivity index (χ1) is 14.8. The van der Waals surface area contributed by atoms with Crippen LogP contribution in [0.3, 0.4) is 0 Å². The predicted octanol–water partition coefficient (Wildman–Crippen LogP) is 1.81. The van der Waals surface area contributed by atoms with Gasteiger partial charge in [0.1, 0.15) is 0 Å². The average molecular weight is 510 g/mol. The second-order valence-corrected chi connectivity index (χ2v) is 9.63. The standard InChI is InChI=1S/C19H20BrN5O5S/c20-16-4-6-18(7-5-16)31(29,30)24-10-8-23(9-11-24)14-19(26)22-21-13-15-2-1-3-17(12-15)25(27)28/h1-7,12-13H,8-11,14H2,(H,22,26)/b21-13-. The summed E-state index contributed by atoms with van der Waals surface area (Å²) in [5, 5.41) is 14.6. The molecule has 1 saturated heterocycles. The lowest BCUT2D eigenvalue weighted by atomic mass is 10.2. The molecule has 1 aliphatic heterocycles. The lowest BCUT2D eigenvalue weighted by Gasteiger charge is -2.33. The summed E-state index contributed by atoms with van der Waals surface area (Å²) >= 11 is 3.29. The lowest BCUT2D eigenvalue weighted by molar-refractivity contribution is -0.384. The number of nitrogens with zero attached hydrogens (tertiary/aromatic N) is 4. The summed E-state index contributed by atoms with van der Waals surface area (Å²) in [6, 6.07) is 12.4. The zero-order valence-corrected chi connectivity index (χ0v) is 18.8. The molecule has 2 aromatic rings. The average Bonchev–Trinajstić information content (AvgIpc) is 2.74. The summed E-state index contributed by atoms with van der Waals surface area (Å²) in [5.41, 5.74) is 2.81. The first-order valence-corrected chi connectivity index (χ1v) is 11.5. The largest absolute Gasteiger partial charge is 0.292 e. The smallest absolute Gasteiger partial charge is 0.270 e. The van der Waals surface area contributed by atoms with Gasteiger partial charge >= 0.3 is 0 Å². The van der Waals surface area contributed by atoms with Gasteiger partial charge in [0.25, 0.3) is 11.6 Å². The minimum Gasteiger partial charge on any atom is -0.292 e. The molecule has 0 atom stereocenters. The van der Waals surface area contributed by atoms with Crippen LogP contribution in [0.4, 0.5) is 5.69 Å². The van der Waals surface area contributed by atoms with Crippen LogP contribution in [0.5, 0.6) is 0 Å². The van der Waals surface area contributed by atoms with E-state index >= 15 is 0 Å². The van der Waals surface area contributed by atoms with Crippen LogP contribution < -0.4 is 5.43 Å². The maximum absolute atomic E-state index is 12.7. The molecule has 10 nitrogen and oxygen atoms in total. The van der Waals surface area contributed by atoms with E-state index in [0.717, 1.165) is 4.47 Å². The van der Waals surface area contributed by atoms with Crippen molar-refractivity contribution in [2.24, 2.45) is 5.10 Å². The number of rotatable bonds is 7. The number of hydrazone groups is 1. The fraction of sp³-hybridized carbons (Fsp3) is 0.263. The molecule has 0 unspecified atom stereocenters. The summed E-state index contributed by atoms with van der Waals surface area (Å²) in [7, 11) is -3.57. The van der Waals surface area contributed by atoms with Gasteiger partial charge in [-0.2, -0.15) is 9.41 Å². The van der Waals surface area contributed by atoms with Crippen molar-refractivity contribution in [3.63, 3.8) is 0 Å². The maximum Gasteiger partial charge on any atom is 0.270 e. The van der Waals surface area contributed by atoms with Crippen LogP contribution in [0.2, 0.25) is 0 Å². The number of piperazine rings is 1. The molecule has 0 radical (unpaired) electrons. The molecule has 1 N–H and O–H groups in total. The third-order valence-electron chi connectivity index (χ3n) is 4.63. The third-order valence-corrected chi connectivity index (χ3v) is 7.08. The van der Waals surface area contributed by atoms with Crippen molar-refractivity contribution >= 4 is 43.8 Å². The molecule has 1 fully saturated rings. The fourth-order valence-electron chi connectivity index (χ4n) is 3.02. The number of carbonyl (C=O) groups excluding carboxylic acids is 1. The highest BCUT2D eigenvalue weighted by molar-refractivity contribution is 9.10. The normalized spacial score (nSPS) is 15.8. The van der Waals surface area contributed by atoms with Gasteiger partial charge in [0, 0.05) is 48.3 Å². The molecule has 0 bridgehead atoms. The van der Waals surface area contributed by atoms with Crippen molar-refractivity contribution in [2.45, 2.75) is 4.90 Å². The monoisotopic (exact) mass is 509 g/mol. The van der Waals surface area contributed by atoms with Crippen molar-refractivity contribution in [1.29, 1.82) is 0 Å². The Morgan fingerprint density at radius 3 is 2.48 bits per heavy atom. The number of halogens is 1. The summed E-state index contributed by atoms with van der Waals surface area (Å²) in [6.07, 6.45) is 1.33. The number of nitro benzene ring substituents is 1. The van der Waals surface area contributed by atoms with E-state index in [1.807, 2.05) is 4.90 Å². The third kappa shape index (κ3) is 6.17. The first-order valence-electron chi connectivity index (χ1n) is 9.30. The molecule has 1 heterocycles. The van der Waals surface area contributed by atoms with Gasteiger partial charge in [-0.25, -0.2) is 13.8 Å². The summed E-state index contributed by atoms with van der Waals surface area (Å²) in [4.78, 5) is 24.4. The quantitative estimate of drug-likeness (QED) is 0.344. The van der Waals surface area contributed by atoms with Crippen LogP contribution >= 0.6 is 15.9 Å². The van der Waals surface area contributed by atoms with Gasteiger partial charge in [-0.1, -0.05) is 28.1 Å². The van der Waals surface area contributed by atoms with E-state index in [-0.39, 0.29) is 36.1 Å². The number of hydrogen-bond acceptors (Lipinski definition) is 7. The molecule has 31 heavy (non-hydrogen) atoms. The summed E-state index contributed by atoms with van der Waals surface area (Å²) in [6.45, 7) is 1.46. The zero-order valence-electron chi connectivity index (χ0n) is 16.3. The van der Waals surface area contributed by atoms with Gasteiger partial charge in [-0.05, 0) is 24.3 Å². The number of nitrogens with one attached hydrogen (secondary N) is 1. The number of benzene rings is 2. The van der Waals surface area contributed by atoms with Crippen LogP contribution in [0.1, 0.15) is 5.56 Å². The second kappa shape index (κ2) is 10.1. The Morgan fingerprint density at radius 1 is 1.16 bits per heavy atom. The van der Waals surface area contributed by atoms with Crippen LogP contribution in [-0.2, 0) is 14.8 Å². The molecule has 0 spiro atoms. The molecule has 0 saturated carbocycles. The van der Waals surface area contributed by atoms with Crippen molar-refractivity contribution in [3.05, 3.63) is 68.7 Å². The number of non-ortho nitro benzene ring substituents is 1. The van der Waals surface area contributed by atoms with E-state index < -0.39 is 14.9 Å². The van der Waals surface area contributed by atoms with Gasteiger partial charge in [-0.3, -0.25) is 19.8 Å². The number of hydrogen-bond donors (Lipinski definition) is 1. The van der Waals surface area contributed by atoms with Gasteiger partial charge in [0.15, 0.2) is 0 Å². The van der Waals surface area contributed by atoms with Crippen LogP contribution in [0, 0.1) is 10.1 Å². The Bertz CT molecular complexity index is 1080. The molecule has 164 valence electrons. The summed E-state index contributed by atoms with van der Waals surface area (Å²) in [5.74, 6) is -0.356. The second-order valence-electron chi connectivity index (χ2n) is 6.78. The van der Waals surface area contributed by atoms with E-state index in [2.05, 4.69) is 26.5 Å². The van der Waals surface area contributed by atoms with Gasteiger partial charge in [0.2, 0.25) is 10.0 Å². The minimum absolute atomic E-state index is 0.0637. The highest BCUT2D eigenvalue weighted by Crippen LogP contribution is 2.20. The molecule has 1 amide bonds. The Kier molecular flexibility index (Phi) is 7.49. The van der Waals surface area contributed by atoms with Crippen LogP contribution in [0.15, 0.2) is 63.0 Å². The number of carbonyl (C=O) groups is 1. The molecular weight excluding hydrogens is 490 g/mol. The van der Waals surface area contributed by atoms with Gasteiger partial charge < -0.3 is 0 Å². The Morgan fingerprint density at radius 2 is 1.84 bits per heavy atom. The molecule has 0 aliphatic carbocycles. The topological polar surface area (TPSA) is 125 Å². The Balaban J connectivity index is 1.48. The highest BCUT2D eigenvalue weighted by Gasteiger charge is 2.28. The van der Waals surface area contributed by atoms with Crippen LogP contribution in [-0.4, -0.2) is 67.4 Å². The molecule has 2 aromatic carbocycles. The Hall–Kier alpha value is -2.67. The lowest BCUT2D eigenvalue weighted by Crippen LogP contribution is -2.50. The first kappa shape index (κ1) is 23.0. The molecule has 12 heteroatoms. The molecule has 1 aliphatic rings. The van der Waals surface area contributed by atoms with E-state index in [1.165, 1.54) is 28.7 Å². The summed E-state index contributed by atoms with van der Waals surface area (Å²) < 4.78 is 27.7. The van der Waals surface area contributed by atoms with E-state index in [9.17, 15) is 23.3 Å². The van der Waals surface area contributed by atoms with Gasteiger partial charge in [-0.15, -0.1) is 0 Å². The molecular formula is C19H20BrN5O5S. The van der Waals surface area contributed by atoms with E-state index in [1.54, 1.807) is 30.3 Å². The van der Waals surface area contributed by atoms with Gasteiger partial charge in [0.05, 0.1) is 22.6 Å². The highest BCUT2D eigenvalue weighted by atomic mass is 79.9. The van der Waals surface area contributed by atoms with Crippen LogP contribution in [0.25, 0.3) is 0 Å². The van der Waals surface area contributed by atoms with Crippen molar-refractivity contribution < 1.29 is 18.1 Å². The predicted molar refractivity (Wildman–Crippen MR) is 118 cm³/mol. The van der Waals surface area contributed by atoms with Crippen molar-refractivity contribution in [3.8, 4) is 0 Å². The molecule has 3 rings (SSSR count). The van der Waals surface area contributed by atoms with Crippen molar-refractivity contribution in [1.82, 2.24) is 14.6 Å². The SMILES string of the molecule is O=C(CN1CCN(S(=O)(=O)c2ccc(Br)cc2)CC1)N/N=C\c1cccc([N+](=O)[O-])c1. The number of sulfonamides is 1. The zero-order chi connectivity index (χ0) is 22.4. The molecule has 0 aromatic heterocycles. The number of amides is 1.